The molecule has 7 heteroatoms. The van der Waals surface area contributed by atoms with E-state index in [0.717, 1.165) is 27.4 Å². The molecule has 1 fully saturated rings. The van der Waals surface area contributed by atoms with Gasteiger partial charge in [-0.1, -0.05) is 17.8 Å². The average molecular weight is 334 g/mol. The molecule has 3 heterocycles. The van der Waals surface area contributed by atoms with E-state index in [9.17, 15) is 0 Å². The summed E-state index contributed by atoms with van der Waals surface area (Å²) in [5.74, 6) is 2.62. The van der Waals surface area contributed by atoms with E-state index in [1.54, 1.807) is 34.4 Å². The lowest BCUT2D eigenvalue weighted by molar-refractivity contribution is 0.736. The quantitative estimate of drug-likeness (QED) is 0.657. The van der Waals surface area contributed by atoms with Gasteiger partial charge in [-0.15, -0.1) is 32.9 Å². The van der Waals surface area contributed by atoms with E-state index < -0.39 is 0 Å². The minimum Gasteiger partial charge on any atom is -0.309 e. The summed E-state index contributed by atoms with van der Waals surface area (Å²) in [6.07, 6.45) is 2.51. The number of rotatable bonds is 5. The lowest BCUT2D eigenvalue weighted by atomic mass is 10.4. The minimum absolute atomic E-state index is 0.640. The summed E-state index contributed by atoms with van der Waals surface area (Å²) in [4.78, 5) is 5.94. The second-order valence-electron chi connectivity index (χ2n) is 5.08. The first-order valence-corrected chi connectivity index (χ1v) is 9.56. The Balaban J connectivity index is 1.45. The summed E-state index contributed by atoms with van der Waals surface area (Å²) in [6.45, 7) is 0. The van der Waals surface area contributed by atoms with E-state index in [1.807, 2.05) is 0 Å². The summed E-state index contributed by atoms with van der Waals surface area (Å²) in [6, 6.07) is 4.18. The number of hydrogen-bond acceptors (Lipinski definition) is 6. The molecule has 0 atom stereocenters. The maximum atomic E-state index is 4.70. The monoisotopic (exact) mass is 334 g/mol. The molecule has 0 N–H and O–H groups in total. The summed E-state index contributed by atoms with van der Waals surface area (Å²) < 4.78 is 2.13. The van der Waals surface area contributed by atoms with Gasteiger partial charge in [-0.2, -0.15) is 0 Å². The fraction of sp³-hybridized carbons (Fsp3) is 0.357. The lowest BCUT2D eigenvalue weighted by Crippen LogP contribution is -1.97. The van der Waals surface area contributed by atoms with Crippen LogP contribution in [0.15, 0.2) is 28.0 Å². The van der Waals surface area contributed by atoms with Crippen LogP contribution in [-0.4, -0.2) is 19.7 Å². The van der Waals surface area contributed by atoms with Crippen LogP contribution in [0.25, 0.3) is 9.88 Å². The number of aromatic nitrogens is 4. The molecule has 3 aromatic rings. The van der Waals surface area contributed by atoms with E-state index in [4.69, 9.17) is 4.98 Å². The largest absolute Gasteiger partial charge is 0.309 e. The molecule has 0 unspecified atom stereocenters. The van der Waals surface area contributed by atoms with Gasteiger partial charge in [0.25, 0.3) is 0 Å². The molecule has 0 saturated heterocycles. The first-order valence-electron chi connectivity index (χ1n) is 6.81. The van der Waals surface area contributed by atoms with Crippen molar-refractivity contribution in [2.24, 2.45) is 7.05 Å². The van der Waals surface area contributed by atoms with Gasteiger partial charge in [-0.3, -0.25) is 0 Å². The molecule has 1 aliphatic rings. The summed E-state index contributed by atoms with van der Waals surface area (Å²) >= 11 is 5.16. The van der Waals surface area contributed by atoms with Gasteiger partial charge in [0.2, 0.25) is 0 Å². The molecular formula is C14H14N4S3. The van der Waals surface area contributed by atoms with Crippen molar-refractivity contribution < 1.29 is 0 Å². The molecule has 0 bridgehead atoms. The fourth-order valence-corrected chi connectivity index (χ4v) is 4.72. The number of nitrogens with zero attached hydrogens (tertiary/aromatic N) is 4. The highest BCUT2D eigenvalue weighted by molar-refractivity contribution is 7.98. The number of thiophene rings is 1. The van der Waals surface area contributed by atoms with Crippen molar-refractivity contribution in [3.05, 3.63) is 34.4 Å². The Kier molecular flexibility index (Phi) is 3.56. The average Bonchev–Trinajstić information content (AvgIpc) is 2.94. The highest BCUT2D eigenvalue weighted by Crippen LogP contribution is 2.39. The maximum Gasteiger partial charge on any atom is 0.191 e. The Hall–Kier alpha value is -1.18. The second kappa shape index (κ2) is 5.55. The summed E-state index contributed by atoms with van der Waals surface area (Å²) in [5, 5.41) is 14.9. The molecule has 4 rings (SSSR count). The van der Waals surface area contributed by atoms with Crippen molar-refractivity contribution >= 4 is 34.4 Å². The Bertz CT molecular complexity index is 740. The van der Waals surface area contributed by atoms with Crippen LogP contribution in [0.2, 0.25) is 0 Å². The Labute approximate surface area is 135 Å². The van der Waals surface area contributed by atoms with E-state index >= 15 is 0 Å². The fourth-order valence-electron chi connectivity index (χ4n) is 2.17. The van der Waals surface area contributed by atoms with E-state index in [-0.39, 0.29) is 0 Å². The molecule has 0 spiro atoms. The van der Waals surface area contributed by atoms with Crippen LogP contribution in [0.3, 0.4) is 0 Å². The van der Waals surface area contributed by atoms with Gasteiger partial charge in [0.1, 0.15) is 10.8 Å². The van der Waals surface area contributed by atoms with E-state index in [1.165, 1.54) is 17.7 Å². The molecule has 0 radical (unpaired) electrons. The Morgan fingerprint density at radius 2 is 2.24 bits per heavy atom. The molecule has 0 aromatic carbocycles. The lowest BCUT2D eigenvalue weighted by Gasteiger charge is -2.01. The highest BCUT2D eigenvalue weighted by atomic mass is 32.2. The predicted octanol–water partition coefficient (Wildman–Crippen LogP) is 4.17. The topological polar surface area (TPSA) is 43.6 Å². The van der Waals surface area contributed by atoms with E-state index in [0.29, 0.717) is 5.92 Å². The Morgan fingerprint density at radius 3 is 3.00 bits per heavy atom. The van der Waals surface area contributed by atoms with Crippen LogP contribution in [0.5, 0.6) is 0 Å². The Morgan fingerprint density at radius 1 is 1.33 bits per heavy atom. The number of thioether (sulfide) groups is 1. The molecule has 3 aromatic heterocycles. The van der Waals surface area contributed by atoms with Crippen LogP contribution in [0, 0.1) is 0 Å². The van der Waals surface area contributed by atoms with Gasteiger partial charge in [-0.25, -0.2) is 4.98 Å². The SMILES string of the molecule is Cn1c(SCc2csc(-c3cccs3)n2)nnc1C1CC1. The predicted molar refractivity (Wildman–Crippen MR) is 88.0 cm³/mol. The van der Waals surface area contributed by atoms with Crippen LogP contribution < -0.4 is 0 Å². The van der Waals surface area contributed by atoms with Gasteiger partial charge in [-0.05, 0) is 24.3 Å². The first-order chi connectivity index (χ1) is 10.3. The smallest absolute Gasteiger partial charge is 0.191 e. The summed E-state index contributed by atoms with van der Waals surface area (Å²) in [7, 11) is 2.06. The van der Waals surface area contributed by atoms with Gasteiger partial charge < -0.3 is 4.57 Å². The zero-order valence-corrected chi connectivity index (χ0v) is 14.0. The van der Waals surface area contributed by atoms with Crippen molar-refractivity contribution in [2.45, 2.75) is 29.7 Å². The molecule has 108 valence electrons. The molecule has 0 amide bonds. The van der Waals surface area contributed by atoms with Crippen molar-refractivity contribution in [3.63, 3.8) is 0 Å². The maximum absolute atomic E-state index is 4.70. The minimum atomic E-state index is 0.640. The van der Waals surface area contributed by atoms with Crippen molar-refractivity contribution in [1.82, 2.24) is 19.7 Å². The van der Waals surface area contributed by atoms with Gasteiger partial charge >= 0.3 is 0 Å². The number of thiazole rings is 1. The standard InChI is InChI=1S/C14H14N4S3/c1-18-12(9-4-5-9)16-17-14(18)21-8-10-7-20-13(15-10)11-3-2-6-19-11/h2-3,6-7,9H,4-5,8H2,1H3. The van der Waals surface area contributed by atoms with Crippen LogP contribution >= 0.6 is 34.4 Å². The zero-order valence-electron chi connectivity index (χ0n) is 11.5. The molecule has 21 heavy (non-hydrogen) atoms. The van der Waals surface area contributed by atoms with Gasteiger partial charge in [0, 0.05) is 24.1 Å². The second-order valence-corrected chi connectivity index (χ2v) is 7.83. The van der Waals surface area contributed by atoms with Crippen molar-refractivity contribution in [3.8, 4) is 9.88 Å². The third-order valence-electron chi connectivity index (χ3n) is 3.44. The molecule has 1 saturated carbocycles. The number of hydrogen-bond donors (Lipinski definition) is 0. The summed E-state index contributed by atoms with van der Waals surface area (Å²) in [5.41, 5.74) is 1.12. The normalized spacial score (nSPS) is 14.7. The molecule has 1 aliphatic carbocycles. The van der Waals surface area contributed by atoms with Crippen LogP contribution in [-0.2, 0) is 12.8 Å². The zero-order chi connectivity index (χ0) is 14.2. The molecular weight excluding hydrogens is 320 g/mol. The van der Waals surface area contributed by atoms with Crippen LogP contribution in [0.4, 0.5) is 0 Å². The van der Waals surface area contributed by atoms with Crippen molar-refractivity contribution in [1.29, 1.82) is 0 Å². The highest BCUT2D eigenvalue weighted by Gasteiger charge is 2.29. The third-order valence-corrected chi connectivity index (χ3v) is 6.43. The first kappa shape index (κ1) is 13.5. The molecule has 4 nitrogen and oxygen atoms in total. The van der Waals surface area contributed by atoms with Gasteiger partial charge in [0.05, 0.1) is 10.6 Å². The third kappa shape index (κ3) is 2.77. The van der Waals surface area contributed by atoms with Gasteiger partial charge in [0.15, 0.2) is 5.16 Å². The van der Waals surface area contributed by atoms with Crippen molar-refractivity contribution in [2.75, 3.05) is 0 Å². The molecule has 0 aliphatic heterocycles. The van der Waals surface area contributed by atoms with E-state index in [2.05, 4.69) is 44.7 Å². The van der Waals surface area contributed by atoms with Crippen LogP contribution in [0.1, 0.15) is 30.3 Å².